The van der Waals surface area contributed by atoms with Gasteiger partial charge in [0.2, 0.25) is 11.8 Å². The largest absolute Gasteiger partial charge is 0.377 e. The monoisotopic (exact) mass is 1050 g/mol. The molecule has 4 saturated heterocycles. The molecule has 19 nitrogen and oxygen atoms in total. The predicted molar refractivity (Wildman–Crippen MR) is 279 cm³/mol. The van der Waals surface area contributed by atoms with Gasteiger partial charge in [-0.05, 0) is 67.1 Å². The number of amides is 6. The molecule has 5 heterocycles. The fraction of sp³-hybridized carbons (Fsp3) is 0.537. The third-order valence-electron chi connectivity index (χ3n) is 13.3. The van der Waals surface area contributed by atoms with Crippen LogP contribution in [0.3, 0.4) is 0 Å². The van der Waals surface area contributed by atoms with Crippen LogP contribution in [-0.2, 0) is 41.6 Å². The minimum atomic E-state index is -0.399. The van der Waals surface area contributed by atoms with Crippen LogP contribution in [0.1, 0.15) is 81.6 Å². The molecule has 4 aliphatic heterocycles. The molecule has 3 aromatic rings. The highest BCUT2D eigenvalue weighted by Crippen LogP contribution is 2.33. The number of fused-ring (bicyclic) bond motifs is 1. The highest BCUT2D eigenvalue weighted by Gasteiger charge is 2.42. The van der Waals surface area contributed by atoms with Gasteiger partial charge in [-0.3, -0.25) is 29.0 Å². The molecule has 0 bridgehead atoms. The standard InChI is InChI=1S/C54H69FN10O9S/c55-44-13-11-41(12-14-44)36-64-21-23-65(24-22-64)53(69)43-32-42(50(59-34-43)52(68)60-45-15-19-63(20-16-45)35-40-9-7-39(33-56)8-10-40)4-3-17-57-49(67)37-74-31-30-73-29-28-72-27-26-71-25-18-58-48(66)6-2-1-5-47-51-46(38-75-47)61-54(70)62-51/h7-14,32,34,45-47,51H,1-2,5-6,15-31,35-38H2,(H,57,67)(H,58,66)(H,60,68)(H2,61,62,70)/t46?,47-,51?/m0/s1. The lowest BCUT2D eigenvalue weighted by atomic mass is 10.0. The second kappa shape index (κ2) is 30.4. The summed E-state index contributed by atoms with van der Waals surface area (Å²) in [6.07, 6.45) is 6.07. The molecule has 6 amide bonds. The number of nitrogens with one attached hydrogen (secondary N) is 5. The zero-order valence-electron chi connectivity index (χ0n) is 42.5. The van der Waals surface area contributed by atoms with Crippen molar-refractivity contribution in [3.63, 3.8) is 0 Å². The molecule has 21 heteroatoms. The van der Waals surface area contributed by atoms with Crippen molar-refractivity contribution in [3.8, 4) is 17.9 Å². The maximum absolute atomic E-state index is 13.8. The lowest BCUT2D eigenvalue weighted by molar-refractivity contribution is -0.126. The van der Waals surface area contributed by atoms with Gasteiger partial charge >= 0.3 is 6.03 Å². The Bertz CT molecular complexity index is 2460. The molecule has 4 fully saturated rings. The van der Waals surface area contributed by atoms with Crippen molar-refractivity contribution in [2.24, 2.45) is 0 Å². The molecule has 5 N–H and O–H groups in total. The van der Waals surface area contributed by atoms with E-state index >= 15 is 0 Å². The Morgan fingerprint density at radius 2 is 1.44 bits per heavy atom. The summed E-state index contributed by atoms with van der Waals surface area (Å²) in [5, 5.41) is 24.2. The van der Waals surface area contributed by atoms with Crippen molar-refractivity contribution < 1.29 is 47.3 Å². The first kappa shape index (κ1) is 56.6. The van der Waals surface area contributed by atoms with Crippen molar-refractivity contribution in [2.45, 2.75) is 75.0 Å². The molecule has 75 heavy (non-hydrogen) atoms. The summed E-state index contributed by atoms with van der Waals surface area (Å²) in [6, 6.07) is 17.9. The fourth-order valence-corrected chi connectivity index (χ4v) is 10.8. The number of hydrogen-bond donors (Lipinski definition) is 5. The number of nitriles is 1. The smallest absolute Gasteiger partial charge is 0.315 e. The van der Waals surface area contributed by atoms with E-state index in [4.69, 9.17) is 24.2 Å². The van der Waals surface area contributed by atoms with Crippen LogP contribution in [-0.4, -0.2) is 184 Å². The first-order chi connectivity index (χ1) is 36.6. The molecule has 7 rings (SSSR count). The molecule has 4 aliphatic rings. The van der Waals surface area contributed by atoms with E-state index in [1.54, 1.807) is 23.1 Å². The average molecular weight is 1050 g/mol. The molecular weight excluding hydrogens is 984 g/mol. The van der Waals surface area contributed by atoms with Gasteiger partial charge in [-0.2, -0.15) is 17.0 Å². The molecule has 0 aliphatic carbocycles. The number of benzene rings is 2. The van der Waals surface area contributed by atoms with Crippen LogP contribution in [0.25, 0.3) is 0 Å². The number of thioether (sulfide) groups is 1. The summed E-state index contributed by atoms with van der Waals surface area (Å²) in [5.41, 5.74) is 3.38. The third kappa shape index (κ3) is 18.9. The maximum atomic E-state index is 13.8. The number of rotatable bonds is 27. The van der Waals surface area contributed by atoms with Crippen LogP contribution >= 0.6 is 11.8 Å². The third-order valence-corrected chi connectivity index (χ3v) is 14.8. The molecule has 1 aromatic heterocycles. The molecule has 0 saturated carbocycles. The second-order valence-corrected chi connectivity index (χ2v) is 20.1. The number of halogens is 1. The fourth-order valence-electron chi connectivity index (χ4n) is 9.21. The zero-order valence-corrected chi connectivity index (χ0v) is 43.3. The predicted octanol–water partition coefficient (Wildman–Crippen LogP) is 2.82. The summed E-state index contributed by atoms with van der Waals surface area (Å²) >= 11 is 1.88. The minimum Gasteiger partial charge on any atom is -0.377 e. The van der Waals surface area contributed by atoms with Crippen molar-refractivity contribution in [2.75, 3.05) is 111 Å². The van der Waals surface area contributed by atoms with E-state index < -0.39 is 5.91 Å². The van der Waals surface area contributed by atoms with E-state index in [0.29, 0.717) is 95.1 Å². The Morgan fingerprint density at radius 1 is 0.787 bits per heavy atom. The van der Waals surface area contributed by atoms with Gasteiger partial charge in [0.25, 0.3) is 11.8 Å². The SMILES string of the molecule is N#Cc1ccc(CN2CCC(NC(=O)c3ncc(C(=O)N4CCN(Cc5ccc(F)cc5)CC4)cc3C#CCNC(=O)COCCOCCOCCOCCNC(=O)CCCC[C@@H]3SCC4NC(=O)NC43)CC2)cc1. The number of carbonyl (C=O) groups excluding carboxylic acids is 5. The van der Waals surface area contributed by atoms with Crippen LogP contribution in [0.15, 0.2) is 60.8 Å². The van der Waals surface area contributed by atoms with E-state index in [1.165, 1.54) is 18.3 Å². The summed E-state index contributed by atoms with van der Waals surface area (Å²) in [4.78, 5) is 74.5. The summed E-state index contributed by atoms with van der Waals surface area (Å²) in [6.45, 7) is 7.67. The van der Waals surface area contributed by atoms with E-state index in [2.05, 4.69) is 59.3 Å². The van der Waals surface area contributed by atoms with Gasteiger partial charge in [0.15, 0.2) is 0 Å². The summed E-state index contributed by atoms with van der Waals surface area (Å²) < 4.78 is 35.5. The Morgan fingerprint density at radius 3 is 2.13 bits per heavy atom. The number of unbranched alkanes of at least 4 members (excludes halogenated alkanes) is 1. The molecule has 402 valence electrons. The number of carbonyl (C=O) groups is 5. The van der Waals surface area contributed by atoms with Gasteiger partial charge in [-0.1, -0.05) is 42.5 Å². The van der Waals surface area contributed by atoms with E-state index in [9.17, 15) is 28.4 Å². The minimum absolute atomic E-state index is 0.00397. The van der Waals surface area contributed by atoms with Crippen molar-refractivity contribution in [1.82, 2.24) is 46.3 Å². The second-order valence-electron chi connectivity index (χ2n) is 18.8. The molecular formula is C54H69FN10O9S. The first-order valence-corrected chi connectivity index (χ1v) is 27.0. The van der Waals surface area contributed by atoms with E-state index in [1.807, 2.05) is 36.0 Å². The highest BCUT2D eigenvalue weighted by molar-refractivity contribution is 8.00. The Labute approximate surface area is 442 Å². The number of piperidine rings is 1. The topological polar surface area (TPSA) is 229 Å². The normalized spacial score (nSPS) is 18.7. The van der Waals surface area contributed by atoms with Gasteiger partial charge in [0.05, 0.1) is 87.6 Å². The molecule has 2 unspecified atom stereocenters. The number of piperazine rings is 1. The number of urea groups is 1. The summed E-state index contributed by atoms with van der Waals surface area (Å²) in [5.74, 6) is 5.53. The van der Waals surface area contributed by atoms with Crippen molar-refractivity contribution in [1.29, 1.82) is 5.26 Å². The van der Waals surface area contributed by atoms with Gasteiger partial charge in [0, 0.05) is 88.6 Å². The summed E-state index contributed by atoms with van der Waals surface area (Å²) in [7, 11) is 0. The average Bonchev–Trinajstić information content (AvgIpc) is 3.99. The highest BCUT2D eigenvalue weighted by atomic mass is 32.2. The van der Waals surface area contributed by atoms with Crippen LogP contribution in [0.5, 0.6) is 0 Å². The van der Waals surface area contributed by atoms with Gasteiger partial charge in [0.1, 0.15) is 18.1 Å². The van der Waals surface area contributed by atoms with Crippen molar-refractivity contribution in [3.05, 3.63) is 100 Å². The number of ether oxygens (including phenoxy) is 4. The molecule has 0 radical (unpaired) electrons. The van der Waals surface area contributed by atoms with Crippen molar-refractivity contribution >= 4 is 41.4 Å². The molecule has 2 aromatic carbocycles. The van der Waals surface area contributed by atoms with Crippen LogP contribution < -0.4 is 26.6 Å². The van der Waals surface area contributed by atoms with E-state index in [-0.39, 0.29) is 85.3 Å². The van der Waals surface area contributed by atoms with Gasteiger partial charge < -0.3 is 50.4 Å². The van der Waals surface area contributed by atoms with Crippen LogP contribution in [0.2, 0.25) is 0 Å². The lowest BCUT2D eigenvalue weighted by Gasteiger charge is -2.34. The number of aromatic nitrogens is 1. The number of nitrogens with zero attached hydrogens (tertiary/aromatic N) is 5. The Balaban J connectivity index is 0.758. The van der Waals surface area contributed by atoms with Gasteiger partial charge in [-0.25, -0.2) is 14.2 Å². The van der Waals surface area contributed by atoms with Crippen LogP contribution in [0, 0.1) is 29.0 Å². The van der Waals surface area contributed by atoms with Crippen LogP contribution in [0.4, 0.5) is 9.18 Å². The number of pyridine rings is 1. The molecule has 3 atom stereocenters. The lowest BCUT2D eigenvalue weighted by Crippen LogP contribution is -2.48. The van der Waals surface area contributed by atoms with E-state index in [0.717, 1.165) is 68.6 Å². The zero-order chi connectivity index (χ0) is 52.6. The molecule has 0 spiro atoms. The first-order valence-electron chi connectivity index (χ1n) is 25.9. The quantitative estimate of drug-likeness (QED) is 0.0421. The Hall–Kier alpha value is -6.17. The number of likely N-dealkylation sites (tertiary alicyclic amines) is 1. The maximum Gasteiger partial charge on any atom is 0.315 e. The van der Waals surface area contributed by atoms with Gasteiger partial charge in [-0.15, -0.1) is 0 Å². The number of hydrogen-bond acceptors (Lipinski definition) is 14. The Kier molecular flexibility index (Phi) is 22.9.